The van der Waals surface area contributed by atoms with Crippen LogP contribution in [0.1, 0.15) is 37.3 Å². The topological polar surface area (TPSA) is 55.1 Å². The van der Waals surface area contributed by atoms with Gasteiger partial charge >= 0.3 is 6.18 Å². The first-order chi connectivity index (χ1) is 11.8. The summed E-state index contributed by atoms with van der Waals surface area (Å²) in [6, 6.07) is 5.55. The molecule has 1 amide bonds. The molecule has 0 radical (unpaired) electrons. The van der Waals surface area contributed by atoms with Gasteiger partial charge in [0.2, 0.25) is 5.91 Å². The number of rotatable bonds is 5. The number of nitrogens with one attached hydrogen (secondary N) is 1. The number of alkyl halides is 3. The number of nitrogens with two attached hydrogens (primary N) is 1. The summed E-state index contributed by atoms with van der Waals surface area (Å²) >= 11 is 0. The molecule has 1 saturated heterocycles. The maximum atomic E-state index is 13.4. The van der Waals surface area contributed by atoms with Crippen LogP contribution in [0.25, 0.3) is 0 Å². The van der Waals surface area contributed by atoms with Crippen molar-refractivity contribution in [3.63, 3.8) is 0 Å². The van der Waals surface area contributed by atoms with Gasteiger partial charge in [0.15, 0.2) is 0 Å². The highest BCUT2D eigenvalue weighted by atomic mass is 19.4. The molecule has 1 aliphatic carbocycles. The Morgan fingerprint density at radius 3 is 2.60 bits per heavy atom. The van der Waals surface area contributed by atoms with E-state index in [2.05, 4.69) is 5.32 Å². The lowest BCUT2D eigenvalue weighted by molar-refractivity contribution is -0.140. The fourth-order valence-corrected chi connectivity index (χ4v) is 5.09. The number of carbonyl (C=O) groups excluding carboxylic acids is 1. The van der Waals surface area contributed by atoms with Crippen molar-refractivity contribution in [1.29, 1.82) is 0 Å². The molecule has 1 aliphatic heterocycles. The van der Waals surface area contributed by atoms with E-state index < -0.39 is 23.1 Å². The molecule has 25 heavy (non-hydrogen) atoms. The summed E-state index contributed by atoms with van der Waals surface area (Å²) in [6.07, 6.45) is -2.04. The van der Waals surface area contributed by atoms with E-state index in [4.69, 9.17) is 5.73 Å². The van der Waals surface area contributed by atoms with Gasteiger partial charge in [-0.15, -0.1) is 0 Å². The van der Waals surface area contributed by atoms with Crippen LogP contribution in [-0.2, 0) is 17.4 Å². The average molecular weight is 354 g/mol. The number of hydrogen-bond acceptors (Lipinski definition) is 2. The van der Waals surface area contributed by atoms with E-state index in [1.54, 1.807) is 6.07 Å². The van der Waals surface area contributed by atoms with Crippen LogP contribution in [0.15, 0.2) is 24.3 Å². The molecule has 3 nitrogen and oxygen atoms in total. The Kier molecular flexibility index (Phi) is 4.84. The standard InChI is InChI=1S/C19H25F3N2O/c1-2-18(17(23)25,16-8-7-13-10-24-11-14(13)16)9-12-5-3-4-6-15(12)19(20,21)22/h3-6,13-14,16,24H,2,7-11H2,1H3,(H2,23,25). The second-order valence-electron chi connectivity index (χ2n) is 7.47. The van der Waals surface area contributed by atoms with Crippen LogP contribution >= 0.6 is 0 Å². The van der Waals surface area contributed by atoms with Crippen LogP contribution in [0, 0.1) is 23.2 Å². The van der Waals surface area contributed by atoms with Crippen molar-refractivity contribution in [2.75, 3.05) is 13.1 Å². The highest BCUT2D eigenvalue weighted by molar-refractivity contribution is 5.81. The summed E-state index contributed by atoms with van der Waals surface area (Å²) < 4.78 is 40.2. The first-order valence-corrected chi connectivity index (χ1v) is 8.95. The van der Waals surface area contributed by atoms with Gasteiger partial charge in [0.05, 0.1) is 11.0 Å². The Bertz CT molecular complexity index is 646. The summed E-state index contributed by atoms with van der Waals surface area (Å²) in [5.74, 6) is 0.402. The van der Waals surface area contributed by atoms with Crippen LogP contribution in [0.5, 0.6) is 0 Å². The third-order valence-corrected chi connectivity index (χ3v) is 6.42. The second-order valence-corrected chi connectivity index (χ2v) is 7.47. The molecule has 0 bridgehead atoms. The van der Waals surface area contributed by atoms with Gasteiger partial charge in [0, 0.05) is 0 Å². The molecule has 1 aromatic rings. The van der Waals surface area contributed by atoms with E-state index in [9.17, 15) is 18.0 Å². The maximum Gasteiger partial charge on any atom is 0.416 e. The van der Waals surface area contributed by atoms with E-state index in [0.29, 0.717) is 18.3 Å². The smallest absolute Gasteiger partial charge is 0.369 e. The second kappa shape index (κ2) is 6.63. The Morgan fingerprint density at radius 2 is 1.96 bits per heavy atom. The lowest BCUT2D eigenvalue weighted by Crippen LogP contribution is -2.47. The molecule has 2 fully saturated rings. The SMILES string of the molecule is CCC(Cc1ccccc1C(F)(F)F)(C(N)=O)C1CCC2CNCC21. The van der Waals surface area contributed by atoms with Crippen molar-refractivity contribution in [2.45, 2.75) is 38.8 Å². The minimum atomic E-state index is -4.43. The summed E-state index contributed by atoms with van der Waals surface area (Å²) in [6.45, 7) is 3.63. The predicted molar refractivity (Wildman–Crippen MR) is 89.6 cm³/mol. The highest BCUT2D eigenvalue weighted by Crippen LogP contribution is 2.51. The highest BCUT2D eigenvalue weighted by Gasteiger charge is 2.52. The lowest BCUT2D eigenvalue weighted by Gasteiger charge is -2.39. The van der Waals surface area contributed by atoms with Crippen molar-refractivity contribution < 1.29 is 18.0 Å². The van der Waals surface area contributed by atoms with Crippen LogP contribution < -0.4 is 11.1 Å². The molecule has 1 saturated carbocycles. The Morgan fingerprint density at radius 1 is 1.24 bits per heavy atom. The largest absolute Gasteiger partial charge is 0.416 e. The number of amides is 1. The zero-order chi connectivity index (χ0) is 18.2. The molecule has 6 heteroatoms. The number of benzene rings is 1. The molecule has 3 rings (SSSR count). The van der Waals surface area contributed by atoms with Gasteiger partial charge in [-0.05, 0) is 68.2 Å². The summed E-state index contributed by atoms with van der Waals surface area (Å²) in [4.78, 5) is 12.5. The molecular formula is C19H25F3N2O. The van der Waals surface area contributed by atoms with E-state index in [1.807, 2.05) is 6.92 Å². The van der Waals surface area contributed by atoms with Gasteiger partial charge in [-0.25, -0.2) is 0 Å². The molecule has 1 aromatic carbocycles. The quantitative estimate of drug-likeness (QED) is 0.852. The average Bonchev–Trinajstić information content (AvgIpc) is 3.15. The minimum Gasteiger partial charge on any atom is -0.369 e. The number of fused-ring (bicyclic) bond motifs is 1. The van der Waals surface area contributed by atoms with E-state index >= 15 is 0 Å². The minimum absolute atomic E-state index is 0.0382. The van der Waals surface area contributed by atoms with Crippen molar-refractivity contribution in [3.05, 3.63) is 35.4 Å². The zero-order valence-electron chi connectivity index (χ0n) is 14.4. The fourth-order valence-electron chi connectivity index (χ4n) is 5.09. The van der Waals surface area contributed by atoms with Gasteiger partial charge < -0.3 is 11.1 Å². The van der Waals surface area contributed by atoms with Gasteiger partial charge in [-0.2, -0.15) is 13.2 Å². The third kappa shape index (κ3) is 3.16. The molecule has 1 heterocycles. The first-order valence-electron chi connectivity index (χ1n) is 8.95. The van der Waals surface area contributed by atoms with E-state index in [0.717, 1.165) is 32.0 Å². The lowest BCUT2D eigenvalue weighted by atomic mass is 9.64. The first kappa shape index (κ1) is 18.2. The van der Waals surface area contributed by atoms with Crippen LogP contribution in [-0.4, -0.2) is 19.0 Å². The van der Waals surface area contributed by atoms with Crippen LogP contribution in [0.2, 0.25) is 0 Å². The summed E-state index contributed by atoms with van der Waals surface area (Å²) in [5, 5.41) is 3.36. The van der Waals surface area contributed by atoms with Crippen LogP contribution in [0.3, 0.4) is 0 Å². The number of halogens is 3. The Hall–Kier alpha value is -1.56. The third-order valence-electron chi connectivity index (χ3n) is 6.42. The molecule has 4 unspecified atom stereocenters. The molecule has 138 valence electrons. The summed E-state index contributed by atoms with van der Waals surface area (Å²) in [7, 11) is 0. The van der Waals surface area contributed by atoms with Crippen molar-refractivity contribution in [1.82, 2.24) is 5.32 Å². The number of hydrogen-bond donors (Lipinski definition) is 2. The summed E-state index contributed by atoms with van der Waals surface area (Å²) in [5.41, 5.74) is 4.40. The number of carbonyl (C=O) groups is 1. The van der Waals surface area contributed by atoms with Gasteiger partial charge in [0.25, 0.3) is 0 Å². The van der Waals surface area contributed by atoms with Gasteiger partial charge in [0.1, 0.15) is 0 Å². The molecule has 0 aromatic heterocycles. The fraction of sp³-hybridized carbons (Fsp3) is 0.632. The predicted octanol–water partition coefficient (Wildman–Crippen LogP) is 3.38. The molecule has 2 aliphatic rings. The Balaban J connectivity index is 1.99. The van der Waals surface area contributed by atoms with Crippen LogP contribution in [0.4, 0.5) is 13.2 Å². The van der Waals surface area contributed by atoms with Gasteiger partial charge in [-0.3, -0.25) is 4.79 Å². The molecular weight excluding hydrogens is 329 g/mol. The Labute approximate surface area is 146 Å². The number of primary amides is 1. The maximum absolute atomic E-state index is 13.4. The monoisotopic (exact) mass is 354 g/mol. The van der Waals surface area contributed by atoms with E-state index in [1.165, 1.54) is 12.1 Å². The van der Waals surface area contributed by atoms with E-state index in [-0.39, 0.29) is 17.9 Å². The van der Waals surface area contributed by atoms with Gasteiger partial charge in [-0.1, -0.05) is 25.1 Å². The van der Waals surface area contributed by atoms with Crippen molar-refractivity contribution in [2.24, 2.45) is 28.9 Å². The molecule has 3 N–H and O–H groups in total. The van der Waals surface area contributed by atoms with Crippen molar-refractivity contribution in [3.8, 4) is 0 Å². The molecule has 4 atom stereocenters. The zero-order valence-corrected chi connectivity index (χ0v) is 14.4. The molecule has 0 spiro atoms. The normalized spacial score (nSPS) is 28.6. The van der Waals surface area contributed by atoms with Crippen molar-refractivity contribution >= 4 is 5.91 Å².